The van der Waals surface area contributed by atoms with E-state index in [4.69, 9.17) is 4.43 Å². The van der Waals surface area contributed by atoms with E-state index in [1.807, 2.05) is 0 Å². The van der Waals surface area contributed by atoms with Crippen LogP contribution >= 0.6 is 0 Å². The SMILES string of the molecule is COC(=O)CCC/C=C\CCCCCCC/C=C\CCC[C@H](C)O[Si](C)(C)C. The molecule has 0 aromatic rings. The predicted octanol–water partition coefficient (Wildman–Crippen LogP) is 7.58. The van der Waals surface area contributed by atoms with Gasteiger partial charge in [-0.3, -0.25) is 4.79 Å². The highest BCUT2D eigenvalue weighted by atomic mass is 28.4. The Bertz CT molecular complexity index is 424. The van der Waals surface area contributed by atoms with Crippen LogP contribution in [0.4, 0.5) is 0 Å². The number of carbonyl (C=O) groups is 1. The van der Waals surface area contributed by atoms with Crippen molar-refractivity contribution in [2.45, 2.75) is 116 Å². The number of hydrogen-bond acceptors (Lipinski definition) is 3. The molecular weight excluding hydrogens is 364 g/mol. The zero-order valence-electron chi connectivity index (χ0n) is 19.3. The quantitative estimate of drug-likeness (QED) is 0.101. The minimum Gasteiger partial charge on any atom is -0.469 e. The molecule has 0 unspecified atom stereocenters. The highest BCUT2D eigenvalue weighted by Gasteiger charge is 2.17. The van der Waals surface area contributed by atoms with E-state index in [1.165, 1.54) is 64.9 Å². The first-order valence-electron chi connectivity index (χ1n) is 11.4. The van der Waals surface area contributed by atoms with E-state index < -0.39 is 8.32 Å². The standard InChI is InChI=1S/C24H46O3Si/c1-23(27-28(3,4)5)21-19-17-15-13-11-9-7-6-8-10-12-14-16-18-20-22-24(25)26-2/h13-16,23H,6-12,17-22H2,1-5H3/b15-13-,16-14-/t23-/m0/s1. The van der Waals surface area contributed by atoms with Gasteiger partial charge in [-0.25, -0.2) is 0 Å². The molecule has 3 nitrogen and oxygen atoms in total. The molecule has 0 aliphatic carbocycles. The lowest BCUT2D eigenvalue weighted by Gasteiger charge is -2.23. The number of rotatable bonds is 18. The smallest absolute Gasteiger partial charge is 0.305 e. The summed E-state index contributed by atoms with van der Waals surface area (Å²) in [6.07, 6.45) is 24.6. The van der Waals surface area contributed by atoms with E-state index in [0.29, 0.717) is 12.5 Å². The Morgan fingerprint density at radius 2 is 1.25 bits per heavy atom. The molecule has 0 spiro atoms. The molecule has 0 rings (SSSR count). The number of esters is 1. The number of allylic oxidation sites excluding steroid dienone is 4. The molecular formula is C24H46O3Si. The van der Waals surface area contributed by atoms with Crippen LogP contribution in [0, 0.1) is 0 Å². The molecule has 0 saturated carbocycles. The maximum Gasteiger partial charge on any atom is 0.305 e. The Kier molecular flexibility index (Phi) is 17.6. The Morgan fingerprint density at radius 3 is 1.75 bits per heavy atom. The van der Waals surface area contributed by atoms with Gasteiger partial charge in [-0.05, 0) is 84.4 Å². The van der Waals surface area contributed by atoms with Crippen molar-refractivity contribution in [3.05, 3.63) is 24.3 Å². The van der Waals surface area contributed by atoms with Crippen LogP contribution in [0.3, 0.4) is 0 Å². The molecule has 0 aliphatic heterocycles. The summed E-state index contributed by atoms with van der Waals surface area (Å²) < 4.78 is 10.7. The molecule has 28 heavy (non-hydrogen) atoms. The second-order valence-electron chi connectivity index (χ2n) is 8.73. The van der Waals surface area contributed by atoms with Crippen LogP contribution in [-0.2, 0) is 14.0 Å². The van der Waals surface area contributed by atoms with Crippen LogP contribution in [0.1, 0.15) is 90.4 Å². The number of carbonyl (C=O) groups excluding carboxylic acids is 1. The Hall–Kier alpha value is -0.873. The Labute approximate surface area is 176 Å². The fourth-order valence-corrected chi connectivity index (χ4v) is 4.50. The highest BCUT2D eigenvalue weighted by Crippen LogP contribution is 2.13. The summed E-state index contributed by atoms with van der Waals surface area (Å²) in [5, 5.41) is 0. The van der Waals surface area contributed by atoms with Gasteiger partial charge in [0.05, 0.1) is 7.11 Å². The van der Waals surface area contributed by atoms with Gasteiger partial charge in [-0.15, -0.1) is 0 Å². The third-order valence-electron chi connectivity index (χ3n) is 4.59. The van der Waals surface area contributed by atoms with Crippen LogP contribution in [0.15, 0.2) is 24.3 Å². The second-order valence-corrected chi connectivity index (χ2v) is 13.2. The third kappa shape index (κ3) is 21.4. The van der Waals surface area contributed by atoms with Crippen molar-refractivity contribution in [3.63, 3.8) is 0 Å². The minimum absolute atomic E-state index is 0.107. The number of unbranched alkanes of at least 4 members (excludes halogenated alkanes) is 8. The molecule has 4 heteroatoms. The summed E-state index contributed by atoms with van der Waals surface area (Å²) in [4.78, 5) is 11.0. The Morgan fingerprint density at radius 1 is 0.786 bits per heavy atom. The summed E-state index contributed by atoms with van der Waals surface area (Å²) in [5.74, 6) is -0.107. The van der Waals surface area contributed by atoms with Gasteiger partial charge >= 0.3 is 5.97 Å². The molecule has 0 N–H and O–H groups in total. The Balaban J connectivity index is 3.32. The van der Waals surface area contributed by atoms with Crippen molar-refractivity contribution in [2.24, 2.45) is 0 Å². The van der Waals surface area contributed by atoms with E-state index in [-0.39, 0.29) is 5.97 Å². The lowest BCUT2D eigenvalue weighted by atomic mass is 10.1. The first-order chi connectivity index (χ1) is 13.3. The fraction of sp³-hybridized carbons (Fsp3) is 0.792. The van der Waals surface area contributed by atoms with Crippen molar-refractivity contribution < 1.29 is 14.0 Å². The van der Waals surface area contributed by atoms with Crippen molar-refractivity contribution in [3.8, 4) is 0 Å². The van der Waals surface area contributed by atoms with E-state index in [2.05, 4.69) is 55.6 Å². The molecule has 0 radical (unpaired) electrons. The fourth-order valence-electron chi connectivity index (χ4n) is 3.18. The normalized spacial score (nSPS) is 13.5. The molecule has 0 amide bonds. The van der Waals surface area contributed by atoms with Crippen molar-refractivity contribution in [1.29, 1.82) is 0 Å². The molecule has 0 bridgehead atoms. The van der Waals surface area contributed by atoms with Gasteiger partial charge in [0.15, 0.2) is 8.32 Å². The summed E-state index contributed by atoms with van der Waals surface area (Å²) in [7, 11) is 0.0730. The van der Waals surface area contributed by atoms with Crippen LogP contribution in [0.25, 0.3) is 0 Å². The molecule has 0 aromatic carbocycles. The van der Waals surface area contributed by atoms with Crippen molar-refractivity contribution in [2.75, 3.05) is 7.11 Å². The summed E-state index contributed by atoms with van der Waals surface area (Å²) in [6.45, 7) is 8.99. The number of hydrogen-bond donors (Lipinski definition) is 0. The average Bonchev–Trinajstić information content (AvgIpc) is 2.62. The van der Waals surface area contributed by atoms with Gasteiger partial charge in [0.25, 0.3) is 0 Å². The summed E-state index contributed by atoms with van der Waals surface area (Å²) in [5.41, 5.74) is 0. The first-order valence-corrected chi connectivity index (χ1v) is 14.8. The lowest BCUT2D eigenvalue weighted by molar-refractivity contribution is -0.140. The van der Waals surface area contributed by atoms with E-state index >= 15 is 0 Å². The van der Waals surface area contributed by atoms with Gasteiger partial charge in [-0.1, -0.05) is 43.6 Å². The van der Waals surface area contributed by atoms with Crippen LogP contribution in [0.2, 0.25) is 19.6 Å². The molecule has 0 saturated heterocycles. The van der Waals surface area contributed by atoms with Crippen molar-refractivity contribution >= 4 is 14.3 Å². The molecule has 164 valence electrons. The first kappa shape index (κ1) is 27.1. The van der Waals surface area contributed by atoms with E-state index in [1.54, 1.807) is 0 Å². The average molecular weight is 411 g/mol. The van der Waals surface area contributed by atoms with Crippen LogP contribution < -0.4 is 0 Å². The van der Waals surface area contributed by atoms with Gasteiger partial charge in [0, 0.05) is 12.5 Å². The topological polar surface area (TPSA) is 35.5 Å². The molecule has 1 atom stereocenters. The predicted molar refractivity (Wildman–Crippen MR) is 124 cm³/mol. The highest BCUT2D eigenvalue weighted by molar-refractivity contribution is 6.69. The monoisotopic (exact) mass is 410 g/mol. The van der Waals surface area contributed by atoms with E-state index in [9.17, 15) is 4.79 Å². The van der Waals surface area contributed by atoms with E-state index in [0.717, 1.165) is 19.3 Å². The zero-order valence-corrected chi connectivity index (χ0v) is 20.3. The van der Waals surface area contributed by atoms with Crippen molar-refractivity contribution in [1.82, 2.24) is 0 Å². The second kappa shape index (κ2) is 18.2. The minimum atomic E-state index is -1.37. The molecule has 0 aliphatic rings. The van der Waals surface area contributed by atoms with Gasteiger partial charge < -0.3 is 9.16 Å². The summed E-state index contributed by atoms with van der Waals surface area (Å²) >= 11 is 0. The maximum atomic E-state index is 11.0. The van der Waals surface area contributed by atoms with Crippen LogP contribution in [0.5, 0.6) is 0 Å². The lowest BCUT2D eigenvalue weighted by Crippen LogP contribution is -2.30. The molecule has 0 heterocycles. The maximum absolute atomic E-state index is 11.0. The van der Waals surface area contributed by atoms with Gasteiger partial charge in [0.2, 0.25) is 0 Å². The zero-order chi connectivity index (χ0) is 21.1. The number of methoxy groups -OCH3 is 1. The molecule has 0 aromatic heterocycles. The van der Waals surface area contributed by atoms with Gasteiger partial charge in [-0.2, -0.15) is 0 Å². The van der Waals surface area contributed by atoms with Gasteiger partial charge in [0.1, 0.15) is 0 Å². The summed E-state index contributed by atoms with van der Waals surface area (Å²) in [6, 6.07) is 0. The number of ether oxygens (including phenoxy) is 1. The molecule has 0 fully saturated rings. The van der Waals surface area contributed by atoms with Crippen LogP contribution in [-0.4, -0.2) is 27.5 Å². The largest absolute Gasteiger partial charge is 0.469 e. The third-order valence-corrected chi connectivity index (χ3v) is 5.70.